The second kappa shape index (κ2) is 10.4. The maximum Gasteiger partial charge on any atom is 0.348 e. The van der Waals surface area contributed by atoms with Crippen LogP contribution < -0.4 is 15.9 Å². The fourth-order valence-electron chi connectivity index (χ4n) is 4.08. The highest BCUT2D eigenvalue weighted by molar-refractivity contribution is 7.96. The number of hydrogen-bond acceptors (Lipinski definition) is 2. The molecule has 0 aliphatic rings. The molecular formula is C26H30O2P+. The van der Waals surface area contributed by atoms with Crippen LogP contribution in [0.25, 0.3) is 0 Å². The smallest absolute Gasteiger partial charge is 0.348 e. The average molecular weight is 405 g/mol. The Morgan fingerprint density at radius 2 is 1.17 bits per heavy atom. The van der Waals surface area contributed by atoms with Crippen molar-refractivity contribution in [3.05, 3.63) is 91.0 Å². The monoisotopic (exact) mass is 405 g/mol. The van der Waals surface area contributed by atoms with Gasteiger partial charge >= 0.3 is 5.97 Å². The molecule has 0 aliphatic carbocycles. The van der Waals surface area contributed by atoms with Crippen molar-refractivity contribution in [1.82, 2.24) is 0 Å². The van der Waals surface area contributed by atoms with Crippen LogP contribution >= 0.6 is 7.26 Å². The fraction of sp³-hybridized carbons (Fsp3) is 0.269. The van der Waals surface area contributed by atoms with Crippen LogP contribution in [0.3, 0.4) is 0 Å². The highest BCUT2D eigenvalue weighted by atomic mass is 31.2. The first-order valence-corrected chi connectivity index (χ1v) is 12.3. The predicted octanol–water partition coefficient (Wildman–Crippen LogP) is 5.10. The molecule has 0 saturated carbocycles. The summed E-state index contributed by atoms with van der Waals surface area (Å²) in [6, 6.07) is 31.7. The summed E-state index contributed by atoms with van der Waals surface area (Å²) < 4.78 is 5.66. The highest BCUT2D eigenvalue weighted by Crippen LogP contribution is 2.61. The minimum atomic E-state index is -2.25. The van der Waals surface area contributed by atoms with Crippen LogP contribution in [0.15, 0.2) is 91.0 Å². The molecule has 0 N–H and O–H groups in total. The standard InChI is InChI=1S/C26H30O2P/c1-3-5-21-25(26(27)28-4-2)29(22-15-9-6-10-16-22,23-17-11-7-12-18-23)24-19-13-8-14-20-24/h6-20,25H,3-5,21H2,1-2H3/q+1. The van der Waals surface area contributed by atoms with Gasteiger partial charge in [0.2, 0.25) is 0 Å². The van der Waals surface area contributed by atoms with Gasteiger partial charge in [-0.15, -0.1) is 0 Å². The number of carbonyl (C=O) groups excluding carboxylic acids is 1. The van der Waals surface area contributed by atoms with Crippen molar-refractivity contribution in [2.24, 2.45) is 0 Å². The lowest BCUT2D eigenvalue weighted by atomic mass is 10.2. The van der Waals surface area contributed by atoms with E-state index in [-0.39, 0.29) is 11.6 Å². The summed E-state index contributed by atoms with van der Waals surface area (Å²) >= 11 is 0. The van der Waals surface area contributed by atoms with E-state index in [2.05, 4.69) is 79.7 Å². The Morgan fingerprint density at radius 3 is 1.52 bits per heavy atom. The first-order valence-electron chi connectivity index (χ1n) is 10.5. The van der Waals surface area contributed by atoms with Crippen molar-refractivity contribution >= 4 is 29.1 Å². The third kappa shape index (κ3) is 4.43. The van der Waals surface area contributed by atoms with Gasteiger partial charge in [0.05, 0.1) is 6.61 Å². The molecular weight excluding hydrogens is 375 g/mol. The van der Waals surface area contributed by atoms with Crippen LogP contribution in [-0.4, -0.2) is 18.2 Å². The van der Waals surface area contributed by atoms with Gasteiger partial charge < -0.3 is 4.74 Å². The largest absolute Gasteiger partial charge is 0.463 e. The van der Waals surface area contributed by atoms with Crippen LogP contribution in [0.1, 0.15) is 33.1 Å². The van der Waals surface area contributed by atoms with Gasteiger partial charge in [-0.1, -0.05) is 67.9 Å². The molecule has 2 nitrogen and oxygen atoms in total. The van der Waals surface area contributed by atoms with Gasteiger partial charge in [0.25, 0.3) is 0 Å². The van der Waals surface area contributed by atoms with Crippen molar-refractivity contribution in [3.8, 4) is 0 Å². The Balaban J connectivity index is 2.35. The Bertz CT molecular complexity index is 782. The van der Waals surface area contributed by atoms with Crippen molar-refractivity contribution < 1.29 is 9.53 Å². The summed E-state index contributed by atoms with van der Waals surface area (Å²) in [4.78, 5) is 13.4. The van der Waals surface area contributed by atoms with E-state index in [1.54, 1.807) is 0 Å². The van der Waals surface area contributed by atoms with Gasteiger partial charge in [-0.2, -0.15) is 0 Å². The quantitative estimate of drug-likeness (QED) is 0.366. The normalized spacial score (nSPS) is 12.3. The van der Waals surface area contributed by atoms with Crippen LogP contribution in [0.5, 0.6) is 0 Å². The molecule has 0 aliphatic heterocycles. The minimum Gasteiger partial charge on any atom is -0.463 e. The molecule has 0 spiro atoms. The van der Waals surface area contributed by atoms with Crippen LogP contribution in [0, 0.1) is 0 Å². The van der Waals surface area contributed by atoms with Gasteiger partial charge in [0, 0.05) is 0 Å². The number of esters is 1. The van der Waals surface area contributed by atoms with Gasteiger partial charge in [-0.05, 0) is 56.2 Å². The van der Waals surface area contributed by atoms with E-state index >= 15 is 0 Å². The highest BCUT2D eigenvalue weighted by Gasteiger charge is 2.55. The molecule has 1 atom stereocenters. The van der Waals surface area contributed by atoms with Crippen LogP contribution in [-0.2, 0) is 9.53 Å². The van der Waals surface area contributed by atoms with E-state index in [0.717, 1.165) is 19.3 Å². The maximum absolute atomic E-state index is 13.4. The van der Waals surface area contributed by atoms with Crippen molar-refractivity contribution in [3.63, 3.8) is 0 Å². The van der Waals surface area contributed by atoms with Gasteiger partial charge in [0.1, 0.15) is 23.2 Å². The molecule has 3 aromatic rings. The number of unbranched alkanes of at least 4 members (excludes halogenated alkanes) is 1. The van der Waals surface area contributed by atoms with Crippen LogP contribution in [0.4, 0.5) is 0 Å². The lowest BCUT2D eigenvalue weighted by molar-refractivity contribution is -0.142. The molecule has 3 aromatic carbocycles. The maximum atomic E-state index is 13.4. The van der Waals surface area contributed by atoms with Crippen LogP contribution in [0.2, 0.25) is 0 Å². The van der Waals surface area contributed by atoms with Gasteiger partial charge in [-0.3, -0.25) is 0 Å². The summed E-state index contributed by atoms with van der Waals surface area (Å²) in [5, 5.41) is 3.68. The zero-order valence-corrected chi connectivity index (χ0v) is 18.2. The zero-order chi connectivity index (χ0) is 20.5. The summed E-state index contributed by atoms with van der Waals surface area (Å²) in [6.45, 7) is 4.47. The lowest BCUT2D eigenvalue weighted by Crippen LogP contribution is -2.43. The van der Waals surface area contributed by atoms with Crippen molar-refractivity contribution in [1.29, 1.82) is 0 Å². The van der Waals surface area contributed by atoms with Gasteiger partial charge in [0.15, 0.2) is 5.66 Å². The first-order chi connectivity index (χ1) is 14.2. The second-order valence-electron chi connectivity index (χ2n) is 7.14. The molecule has 0 heterocycles. The molecule has 3 rings (SSSR count). The molecule has 0 saturated heterocycles. The number of ether oxygens (including phenoxy) is 1. The first kappa shape index (κ1) is 21.3. The Morgan fingerprint density at radius 1 is 0.759 bits per heavy atom. The van der Waals surface area contributed by atoms with Crippen molar-refractivity contribution in [2.75, 3.05) is 6.61 Å². The summed E-state index contributed by atoms with van der Waals surface area (Å²) in [5.41, 5.74) is -0.199. The van der Waals surface area contributed by atoms with E-state index in [1.807, 2.05) is 25.1 Å². The van der Waals surface area contributed by atoms with Gasteiger partial charge in [-0.25, -0.2) is 4.79 Å². The summed E-state index contributed by atoms with van der Waals surface area (Å²) in [6.07, 6.45) is 2.87. The Hall–Kier alpha value is -2.44. The number of hydrogen-bond donors (Lipinski definition) is 0. The molecule has 0 fully saturated rings. The third-order valence-corrected chi connectivity index (χ3v) is 10.1. The van der Waals surface area contributed by atoms with E-state index in [4.69, 9.17) is 4.74 Å². The number of carbonyl (C=O) groups is 1. The molecule has 0 radical (unpaired) electrons. The number of benzene rings is 3. The summed E-state index contributed by atoms with van der Waals surface area (Å²) in [7, 11) is -2.25. The molecule has 0 amide bonds. The molecule has 0 bridgehead atoms. The SMILES string of the molecule is CCCCC(C(=O)OCC)[P+](c1ccccc1)(c1ccccc1)c1ccccc1. The Labute approximate surface area is 175 Å². The lowest BCUT2D eigenvalue weighted by Gasteiger charge is -2.33. The predicted molar refractivity (Wildman–Crippen MR) is 125 cm³/mol. The zero-order valence-electron chi connectivity index (χ0n) is 17.3. The van der Waals surface area contributed by atoms with E-state index in [9.17, 15) is 4.79 Å². The van der Waals surface area contributed by atoms with E-state index in [1.165, 1.54) is 15.9 Å². The second-order valence-corrected chi connectivity index (χ2v) is 10.8. The molecule has 150 valence electrons. The molecule has 1 unspecified atom stereocenters. The summed E-state index contributed by atoms with van der Waals surface area (Å²) in [5.74, 6) is -0.0779. The number of rotatable bonds is 9. The Kier molecular flexibility index (Phi) is 7.61. The van der Waals surface area contributed by atoms with Crippen molar-refractivity contribution in [2.45, 2.75) is 38.8 Å². The minimum absolute atomic E-state index is 0.0779. The molecule has 29 heavy (non-hydrogen) atoms. The van der Waals surface area contributed by atoms with E-state index < -0.39 is 7.26 Å². The topological polar surface area (TPSA) is 26.3 Å². The average Bonchev–Trinajstić information content (AvgIpc) is 2.78. The molecule has 0 aromatic heterocycles. The van der Waals surface area contributed by atoms with E-state index in [0.29, 0.717) is 6.61 Å². The fourth-order valence-corrected chi connectivity index (χ4v) is 8.94. The third-order valence-electron chi connectivity index (χ3n) is 5.35. The molecule has 3 heteroatoms.